The van der Waals surface area contributed by atoms with Crippen LogP contribution in [0.25, 0.3) is 16.7 Å². The van der Waals surface area contributed by atoms with Crippen LogP contribution in [0.4, 0.5) is 0 Å². The van der Waals surface area contributed by atoms with Crippen LogP contribution in [0.3, 0.4) is 0 Å². The van der Waals surface area contributed by atoms with Crippen LogP contribution >= 0.6 is 0 Å². The molecule has 0 fully saturated rings. The van der Waals surface area contributed by atoms with Gasteiger partial charge in [-0.25, -0.2) is 0 Å². The van der Waals surface area contributed by atoms with Crippen molar-refractivity contribution in [3.63, 3.8) is 0 Å². The molecular formula is C22H26. The Hall–Kier alpha value is -1.82. The lowest BCUT2D eigenvalue weighted by Crippen LogP contribution is -2.10. The molecule has 1 aliphatic rings. The van der Waals surface area contributed by atoms with Gasteiger partial charge in [0.2, 0.25) is 0 Å². The zero-order valence-electron chi connectivity index (χ0n) is 14.5. The SMILES string of the molecule is CCC1=C(C)c2c(cccc2-c2ccc(C(C)(C)C)cc2)C1. The average molecular weight is 290 g/mol. The summed E-state index contributed by atoms with van der Waals surface area (Å²) in [6, 6.07) is 15.9. The molecule has 0 heterocycles. The van der Waals surface area contributed by atoms with E-state index in [1.807, 2.05) is 0 Å². The van der Waals surface area contributed by atoms with Crippen molar-refractivity contribution in [3.05, 3.63) is 64.7 Å². The fraction of sp³-hybridized carbons (Fsp3) is 0.364. The van der Waals surface area contributed by atoms with E-state index < -0.39 is 0 Å². The average Bonchev–Trinajstić information content (AvgIpc) is 2.83. The Kier molecular flexibility index (Phi) is 3.72. The molecule has 3 rings (SSSR count). The van der Waals surface area contributed by atoms with E-state index in [0.717, 1.165) is 12.8 Å². The summed E-state index contributed by atoms with van der Waals surface area (Å²) in [6.07, 6.45) is 2.29. The van der Waals surface area contributed by atoms with Crippen LogP contribution in [-0.4, -0.2) is 0 Å². The smallest absolute Gasteiger partial charge is 0.00550 e. The van der Waals surface area contributed by atoms with Crippen molar-refractivity contribution in [1.82, 2.24) is 0 Å². The van der Waals surface area contributed by atoms with Gasteiger partial charge in [-0.3, -0.25) is 0 Å². The van der Waals surface area contributed by atoms with Crippen molar-refractivity contribution >= 4 is 5.57 Å². The van der Waals surface area contributed by atoms with Gasteiger partial charge >= 0.3 is 0 Å². The molecule has 0 saturated carbocycles. The fourth-order valence-electron chi connectivity index (χ4n) is 3.51. The van der Waals surface area contributed by atoms with Gasteiger partial charge in [-0.05, 0) is 58.6 Å². The van der Waals surface area contributed by atoms with Crippen LogP contribution in [0.2, 0.25) is 0 Å². The summed E-state index contributed by atoms with van der Waals surface area (Å²) in [5, 5.41) is 0. The summed E-state index contributed by atoms with van der Waals surface area (Å²) < 4.78 is 0. The minimum absolute atomic E-state index is 0.211. The molecule has 0 heteroatoms. The zero-order valence-corrected chi connectivity index (χ0v) is 14.5. The molecule has 1 aliphatic carbocycles. The Balaban J connectivity index is 2.08. The number of allylic oxidation sites excluding steroid dienone is 2. The molecule has 0 amide bonds. The second-order valence-corrected chi connectivity index (χ2v) is 7.43. The van der Waals surface area contributed by atoms with Crippen molar-refractivity contribution in [1.29, 1.82) is 0 Å². The highest BCUT2D eigenvalue weighted by Crippen LogP contribution is 2.40. The highest BCUT2D eigenvalue weighted by molar-refractivity contribution is 5.86. The van der Waals surface area contributed by atoms with Gasteiger partial charge in [-0.2, -0.15) is 0 Å². The summed E-state index contributed by atoms with van der Waals surface area (Å²) in [5.41, 5.74) is 10.4. The minimum Gasteiger partial charge on any atom is -0.0625 e. The fourth-order valence-corrected chi connectivity index (χ4v) is 3.51. The lowest BCUT2D eigenvalue weighted by atomic mass is 9.85. The molecular weight excluding hydrogens is 264 g/mol. The first-order chi connectivity index (χ1) is 10.4. The Morgan fingerprint density at radius 2 is 1.64 bits per heavy atom. The second-order valence-electron chi connectivity index (χ2n) is 7.43. The number of benzene rings is 2. The summed E-state index contributed by atoms with van der Waals surface area (Å²) in [6.45, 7) is 11.4. The third-order valence-electron chi connectivity index (χ3n) is 4.95. The lowest BCUT2D eigenvalue weighted by molar-refractivity contribution is 0.590. The molecule has 114 valence electrons. The van der Waals surface area contributed by atoms with E-state index in [0.29, 0.717) is 0 Å². The topological polar surface area (TPSA) is 0 Å². The van der Waals surface area contributed by atoms with Crippen molar-refractivity contribution in [2.24, 2.45) is 0 Å². The van der Waals surface area contributed by atoms with Crippen LogP contribution in [0.15, 0.2) is 48.0 Å². The molecule has 0 aliphatic heterocycles. The van der Waals surface area contributed by atoms with Crippen LogP contribution < -0.4 is 0 Å². The third kappa shape index (κ3) is 2.52. The Labute approximate surface area is 134 Å². The van der Waals surface area contributed by atoms with E-state index in [4.69, 9.17) is 0 Å². The molecule has 0 saturated heterocycles. The molecule has 2 aromatic rings. The van der Waals surface area contributed by atoms with Gasteiger partial charge in [0.15, 0.2) is 0 Å². The molecule has 2 aromatic carbocycles. The summed E-state index contributed by atoms with van der Waals surface area (Å²) in [5.74, 6) is 0. The van der Waals surface area contributed by atoms with Crippen molar-refractivity contribution in [2.45, 2.75) is 52.9 Å². The Bertz CT molecular complexity index is 722. The number of hydrogen-bond donors (Lipinski definition) is 0. The van der Waals surface area contributed by atoms with Crippen molar-refractivity contribution in [3.8, 4) is 11.1 Å². The summed E-state index contributed by atoms with van der Waals surface area (Å²) >= 11 is 0. The van der Waals surface area contributed by atoms with Crippen molar-refractivity contribution < 1.29 is 0 Å². The zero-order chi connectivity index (χ0) is 15.9. The molecule has 0 nitrogen and oxygen atoms in total. The van der Waals surface area contributed by atoms with Crippen LogP contribution in [-0.2, 0) is 11.8 Å². The number of hydrogen-bond acceptors (Lipinski definition) is 0. The minimum atomic E-state index is 0.211. The normalized spacial score (nSPS) is 14.4. The summed E-state index contributed by atoms with van der Waals surface area (Å²) in [7, 11) is 0. The largest absolute Gasteiger partial charge is 0.0625 e. The molecule has 0 radical (unpaired) electrons. The lowest BCUT2D eigenvalue weighted by Gasteiger charge is -2.19. The van der Waals surface area contributed by atoms with E-state index in [-0.39, 0.29) is 5.41 Å². The summed E-state index contributed by atoms with van der Waals surface area (Å²) in [4.78, 5) is 0. The second kappa shape index (κ2) is 5.43. The Morgan fingerprint density at radius 3 is 2.23 bits per heavy atom. The van der Waals surface area contributed by atoms with E-state index in [1.54, 1.807) is 5.57 Å². The first kappa shape index (κ1) is 15.1. The Morgan fingerprint density at radius 1 is 0.955 bits per heavy atom. The molecule has 0 unspecified atom stereocenters. The molecule has 22 heavy (non-hydrogen) atoms. The van der Waals surface area contributed by atoms with Gasteiger partial charge in [0.25, 0.3) is 0 Å². The van der Waals surface area contributed by atoms with E-state index >= 15 is 0 Å². The monoisotopic (exact) mass is 290 g/mol. The maximum atomic E-state index is 2.29. The number of fused-ring (bicyclic) bond motifs is 1. The quantitative estimate of drug-likeness (QED) is 0.601. The van der Waals surface area contributed by atoms with Gasteiger partial charge in [-0.15, -0.1) is 0 Å². The van der Waals surface area contributed by atoms with Gasteiger partial charge in [0.1, 0.15) is 0 Å². The van der Waals surface area contributed by atoms with E-state index in [9.17, 15) is 0 Å². The molecule has 0 atom stereocenters. The van der Waals surface area contributed by atoms with Gasteiger partial charge in [0, 0.05) is 0 Å². The van der Waals surface area contributed by atoms with Crippen LogP contribution in [0, 0.1) is 0 Å². The van der Waals surface area contributed by atoms with E-state index in [1.165, 1.54) is 33.4 Å². The maximum Gasteiger partial charge on any atom is -0.00550 e. The standard InChI is InChI=1S/C22H26/c1-6-16-14-18-8-7-9-20(21(18)15(16)2)17-10-12-19(13-11-17)22(3,4)5/h7-13H,6,14H2,1-5H3. The first-order valence-corrected chi connectivity index (χ1v) is 8.33. The third-order valence-corrected chi connectivity index (χ3v) is 4.95. The molecule has 0 aromatic heterocycles. The predicted molar refractivity (Wildman–Crippen MR) is 97.2 cm³/mol. The first-order valence-electron chi connectivity index (χ1n) is 8.33. The van der Waals surface area contributed by atoms with Crippen LogP contribution in [0.1, 0.15) is 57.7 Å². The maximum absolute atomic E-state index is 2.29. The van der Waals surface area contributed by atoms with Gasteiger partial charge in [0.05, 0.1) is 0 Å². The van der Waals surface area contributed by atoms with Gasteiger partial charge in [-0.1, -0.05) is 75.7 Å². The van der Waals surface area contributed by atoms with Gasteiger partial charge < -0.3 is 0 Å². The van der Waals surface area contributed by atoms with E-state index in [2.05, 4.69) is 77.1 Å². The molecule has 0 N–H and O–H groups in total. The predicted octanol–water partition coefficient (Wildman–Crippen LogP) is 6.39. The molecule has 0 spiro atoms. The van der Waals surface area contributed by atoms with Crippen molar-refractivity contribution in [2.75, 3.05) is 0 Å². The highest BCUT2D eigenvalue weighted by atomic mass is 14.3. The highest BCUT2D eigenvalue weighted by Gasteiger charge is 2.21. The van der Waals surface area contributed by atoms with Crippen LogP contribution in [0.5, 0.6) is 0 Å². The molecule has 0 bridgehead atoms. The number of rotatable bonds is 2.